The number of ether oxygens (including phenoxy) is 1. The summed E-state index contributed by atoms with van der Waals surface area (Å²) in [6.07, 6.45) is 3.12. The standard InChI is InChI=1S/C24H34F2N4O4/c1-15-14-19(7-8-20(15)21(32)27-16(2)17(3)31)33-13-5-6-18-9-11-30(12-10-18)23-28-22(29-34-23)24(4,25)26/h7-8,14,16-18,31H,5-6,9-13H2,1-4H3,(H,27,32)/t16-,17+/m0/s1. The number of nitrogens with one attached hydrogen (secondary N) is 1. The van der Waals surface area contributed by atoms with Crippen molar-refractivity contribution in [2.24, 2.45) is 5.92 Å². The van der Waals surface area contributed by atoms with Crippen molar-refractivity contribution in [1.29, 1.82) is 0 Å². The summed E-state index contributed by atoms with van der Waals surface area (Å²) < 4.78 is 37.5. The zero-order valence-corrected chi connectivity index (χ0v) is 20.2. The molecule has 0 bridgehead atoms. The Labute approximate surface area is 198 Å². The fourth-order valence-electron chi connectivity index (χ4n) is 3.88. The van der Waals surface area contributed by atoms with Crippen LogP contribution in [0.5, 0.6) is 5.75 Å². The van der Waals surface area contributed by atoms with Crippen molar-refractivity contribution in [1.82, 2.24) is 15.5 Å². The summed E-state index contributed by atoms with van der Waals surface area (Å²) in [6, 6.07) is 5.19. The Balaban J connectivity index is 1.38. The molecule has 1 saturated heterocycles. The summed E-state index contributed by atoms with van der Waals surface area (Å²) in [5.41, 5.74) is 1.37. The second-order valence-electron chi connectivity index (χ2n) is 9.19. The fraction of sp³-hybridized carbons (Fsp3) is 0.625. The van der Waals surface area contributed by atoms with Crippen LogP contribution in [0.15, 0.2) is 22.7 Å². The molecule has 1 aromatic heterocycles. The lowest BCUT2D eigenvalue weighted by Gasteiger charge is -2.30. The maximum atomic E-state index is 13.3. The lowest BCUT2D eigenvalue weighted by molar-refractivity contribution is 0.00559. The number of hydrogen-bond donors (Lipinski definition) is 2. The molecule has 1 aromatic carbocycles. The highest BCUT2D eigenvalue weighted by Crippen LogP contribution is 2.29. The van der Waals surface area contributed by atoms with Crippen molar-refractivity contribution in [3.63, 3.8) is 0 Å². The van der Waals surface area contributed by atoms with E-state index in [4.69, 9.17) is 9.26 Å². The van der Waals surface area contributed by atoms with Gasteiger partial charge in [0, 0.05) is 25.6 Å². The molecule has 1 aliphatic rings. The van der Waals surface area contributed by atoms with Crippen LogP contribution in [0.1, 0.15) is 68.2 Å². The molecule has 188 valence electrons. The van der Waals surface area contributed by atoms with E-state index in [1.54, 1.807) is 26.0 Å². The van der Waals surface area contributed by atoms with Crippen molar-refractivity contribution >= 4 is 11.9 Å². The highest BCUT2D eigenvalue weighted by Gasteiger charge is 2.32. The van der Waals surface area contributed by atoms with Crippen LogP contribution in [0, 0.1) is 12.8 Å². The summed E-state index contributed by atoms with van der Waals surface area (Å²) in [4.78, 5) is 18.1. The van der Waals surface area contributed by atoms with Gasteiger partial charge in [0.25, 0.3) is 5.91 Å². The first-order chi connectivity index (χ1) is 16.0. The molecule has 1 amide bonds. The molecular formula is C24H34F2N4O4. The Bertz CT molecular complexity index is 953. The third-order valence-corrected chi connectivity index (χ3v) is 6.24. The van der Waals surface area contributed by atoms with Gasteiger partial charge in [0.05, 0.1) is 18.8 Å². The van der Waals surface area contributed by atoms with Gasteiger partial charge in [-0.15, -0.1) is 0 Å². The van der Waals surface area contributed by atoms with E-state index in [1.807, 2.05) is 17.9 Å². The Morgan fingerprint density at radius 3 is 2.65 bits per heavy atom. The predicted molar refractivity (Wildman–Crippen MR) is 123 cm³/mol. The summed E-state index contributed by atoms with van der Waals surface area (Å²) >= 11 is 0. The number of aromatic nitrogens is 2. The van der Waals surface area contributed by atoms with Crippen LogP contribution in [0.3, 0.4) is 0 Å². The Hall–Kier alpha value is -2.75. The topological polar surface area (TPSA) is 101 Å². The molecule has 0 aliphatic carbocycles. The molecule has 2 N–H and O–H groups in total. The van der Waals surface area contributed by atoms with Gasteiger partial charge < -0.3 is 24.6 Å². The fourth-order valence-corrected chi connectivity index (χ4v) is 3.88. The SMILES string of the molecule is Cc1cc(OCCCC2CCN(c3nc(C(C)(F)F)no3)CC2)ccc1C(=O)N[C@@H](C)[C@@H](C)O. The molecule has 1 fully saturated rings. The highest BCUT2D eigenvalue weighted by molar-refractivity contribution is 5.96. The van der Waals surface area contributed by atoms with E-state index in [-0.39, 0.29) is 18.0 Å². The van der Waals surface area contributed by atoms with Crippen molar-refractivity contribution in [3.8, 4) is 5.75 Å². The molecule has 2 heterocycles. The van der Waals surface area contributed by atoms with E-state index in [0.29, 0.717) is 36.9 Å². The Kier molecular flexibility index (Phi) is 8.46. The number of carbonyl (C=O) groups excluding carboxylic acids is 1. The second kappa shape index (κ2) is 11.1. The summed E-state index contributed by atoms with van der Waals surface area (Å²) in [5, 5.41) is 15.7. The zero-order chi connectivity index (χ0) is 24.9. The minimum absolute atomic E-state index is 0.158. The van der Waals surface area contributed by atoms with E-state index in [0.717, 1.165) is 38.2 Å². The van der Waals surface area contributed by atoms with Gasteiger partial charge in [0.2, 0.25) is 5.82 Å². The van der Waals surface area contributed by atoms with Gasteiger partial charge in [0.1, 0.15) is 5.75 Å². The number of piperidine rings is 1. The molecule has 2 atom stereocenters. The molecule has 34 heavy (non-hydrogen) atoms. The molecule has 3 rings (SSSR count). The molecule has 1 aliphatic heterocycles. The largest absolute Gasteiger partial charge is 0.494 e. The van der Waals surface area contributed by atoms with Crippen LogP contribution in [0.2, 0.25) is 0 Å². The van der Waals surface area contributed by atoms with Gasteiger partial charge in [0.15, 0.2) is 0 Å². The zero-order valence-electron chi connectivity index (χ0n) is 20.2. The van der Waals surface area contributed by atoms with Crippen LogP contribution >= 0.6 is 0 Å². The van der Waals surface area contributed by atoms with E-state index in [9.17, 15) is 18.7 Å². The lowest BCUT2D eigenvalue weighted by Crippen LogP contribution is -2.39. The van der Waals surface area contributed by atoms with Crippen LogP contribution in [0.4, 0.5) is 14.8 Å². The van der Waals surface area contributed by atoms with Crippen LogP contribution in [-0.2, 0) is 5.92 Å². The Morgan fingerprint density at radius 1 is 1.35 bits per heavy atom. The summed E-state index contributed by atoms with van der Waals surface area (Å²) in [5.74, 6) is -2.67. The average Bonchev–Trinajstić information content (AvgIpc) is 3.28. The Morgan fingerprint density at radius 2 is 2.06 bits per heavy atom. The summed E-state index contributed by atoms with van der Waals surface area (Å²) in [6.45, 7) is 7.96. The third kappa shape index (κ3) is 6.88. The number of aryl methyl sites for hydroxylation is 1. The number of rotatable bonds is 10. The maximum absolute atomic E-state index is 13.3. The van der Waals surface area contributed by atoms with Gasteiger partial charge in [-0.05, 0) is 76.1 Å². The number of alkyl halides is 2. The van der Waals surface area contributed by atoms with Crippen molar-refractivity contribution in [2.45, 2.75) is 71.4 Å². The molecule has 0 unspecified atom stereocenters. The van der Waals surface area contributed by atoms with Crippen LogP contribution in [0.25, 0.3) is 0 Å². The van der Waals surface area contributed by atoms with Crippen LogP contribution in [-0.4, -0.2) is 53.0 Å². The molecule has 8 nitrogen and oxygen atoms in total. The maximum Gasteiger partial charge on any atom is 0.324 e. The summed E-state index contributed by atoms with van der Waals surface area (Å²) in [7, 11) is 0. The van der Waals surface area contributed by atoms with E-state index >= 15 is 0 Å². The van der Waals surface area contributed by atoms with Gasteiger partial charge in [-0.3, -0.25) is 4.79 Å². The monoisotopic (exact) mass is 480 g/mol. The number of amides is 1. The third-order valence-electron chi connectivity index (χ3n) is 6.24. The van der Waals surface area contributed by atoms with E-state index in [1.165, 1.54) is 0 Å². The smallest absolute Gasteiger partial charge is 0.324 e. The first-order valence-corrected chi connectivity index (χ1v) is 11.7. The first-order valence-electron chi connectivity index (χ1n) is 11.7. The number of carbonyl (C=O) groups is 1. The number of hydrogen-bond acceptors (Lipinski definition) is 7. The minimum Gasteiger partial charge on any atom is -0.494 e. The van der Waals surface area contributed by atoms with Crippen molar-refractivity contribution in [3.05, 3.63) is 35.2 Å². The average molecular weight is 481 g/mol. The number of aliphatic hydroxyl groups is 1. The van der Waals surface area contributed by atoms with Crippen molar-refractivity contribution < 1.29 is 27.9 Å². The molecule has 2 aromatic rings. The van der Waals surface area contributed by atoms with Gasteiger partial charge in [-0.2, -0.15) is 13.8 Å². The predicted octanol–water partition coefficient (Wildman–Crippen LogP) is 4.06. The number of anilines is 1. The quantitative estimate of drug-likeness (QED) is 0.495. The minimum atomic E-state index is -3.11. The normalized spacial score (nSPS) is 16.9. The molecule has 0 spiro atoms. The highest BCUT2D eigenvalue weighted by atomic mass is 19.3. The number of benzene rings is 1. The van der Waals surface area contributed by atoms with Crippen molar-refractivity contribution in [2.75, 3.05) is 24.6 Å². The molecule has 0 radical (unpaired) electrons. The lowest BCUT2D eigenvalue weighted by atomic mass is 9.92. The number of halogens is 2. The molecular weight excluding hydrogens is 446 g/mol. The number of aliphatic hydroxyl groups excluding tert-OH is 1. The second-order valence-corrected chi connectivity index (χ2v) is 9.19. The van der Waals surface area contributed by atoms with Gasteiger partial charge >= 0.3 is 11.9 Å². The molecule has 0 saturated carbocycles. The first kappa shape index (κ1) is 25.9. The number of nitrogens with zero attached hydrogens (tertiary/aromatic N) is 3. The molecule has 10 heteroatoms. The van der Waals surface area contributed by atoms with Crippen LogP contribution < -0.4 is 15.0 Å². The van der Waals surface area contributed by atoms with E-state index in [2.05, 4.69) is 15.5 Å². The van der Waals surface area contributed by atoms with Gasteiger partial charge in [-0.25, -0.2) is 0 Å². The van der Waals surface area contributed by atoms with E-state index < -0.39 is 17.9 Å². The van der Waals surface area contributed by atoms with Gasteiger partial charge in [-0.1, -0.05) is 5.16 Å².